The summed E-state index contributed by atoms with van der Waals surface area (Å²) in [7, 11) is 0. The first-order chi connectivity index (χ1) is 6.22. The number of nitrogens with zero attached hydrogens (tertiary/aromatic N) is 1. The van der Waals surface area contributed by atoms with E-state index in [0.29, 0.717) is 5.57 Å². The third-order valence-electron chi connectivity index (χ3n) is 1.91. The number of fused-ring (bicyclic) bond motifs is 1. The summed E-state index contributed by atoms with van der Waals surface area (Å²) in [5.41, 5.74) is 2.22. The Labute approximate surface area is 88.8 Å². The minimum atomic E-state index is -0.199. The van der Waals surface area contributed by atoms with Crippen molar-refractivity contribution in [1.82, 2.24) is 0 Å². The van der Waals surface area contributed by atoms with Crippen molar-refractivity contribution >= 4 is 39.5 Å². The van der Waals surface area contributed by atoms with Gasteiger partial charge in [-0.2, -0.15) is 0 Å². The van der Waals surface area contributed by atoms with Gasteiger partial charge in [0.1, 0.15) is 0 Å². The van der Waals surface area contributed by atoms with Crippen molar-refractivity contribution in [1.29, 1.82) is 0 Å². The molecule has 0 saturated carbocycles. The molecule has 0 saturated heterocycles. The van der Waals surface area contributed by atoms with Gasteiger partial charge in [0.15, 0.2) is 6.29 Å². The second-order valence-electron chi connectivity index (χ2n) is 2.73. The van der Waals surface area contributed by atoms with Crippen LogP contribution in [-0.4, -0.2) is 17.4 Å². The van der Waals surface area contributed by atoms with Gasteiger partial charge in [-0.3, -0.25) is 9.79 Å². The van der Waals surface area contributed by atoms with Gasteiger partial charge < -0.3 is 0 Å². The average Bonchev–Trinajstić information content (AvgIpc) is 2.48. The van der Waals surface area contributed by atoms with E-state index in [9.17, 15) is 4.79 Å². The van der Waals surface area contributed by atoms with E-state index in [4.69, 9.17) is 11.6 Å². The Morgan fingerprint density at radius 1 is 1.62 bits per heavy atom. The fourth-order valence-electron chi connectivity index (χ4n) is 1.25. The molecule has 2 aliphatic rings. The lowest BCUT2D eigenvalue weighted by Gasteiger charge is -2.12. The van der Waals surface area contributed by atoms with Gasteiger partial charge in [0.25, 0.3) is 0 Å². The van der Waals surface area contributed by atoms with Crippen molar-refractivity contribution in [2.24, 2.45) is 4.99 Å². The van der Waals surface area contributed by atoms with Crippen LogP contribution >= 0.6 is 27.5 Å². The first-order valence-corrected chi connectivity index (χ1v) is 4.92. The maximum atomic E-state index is 10.6. The van der Waals surface area contributed by atoms with Gasteiger partial charge >= 0.3 is 0 Å². The smallest absolute Gasteiger partial charge is 0.152 e. The highest BCUT2D eigenvalue weighted by molar-refractivity contribution is 9.11. The van der Waals surface area contributed by atoms with Crippen molar-refractivity contribution < 1.29 is 4.79 Å². The van der Waals surface area contributed by atoms with Crippen molar-refractivity contribution in [3.8, 4) is 0 Å². The molecular weight excluding hydrogens is 253 g/mol. The number of allylic oxidation sites excluding steroid dienone is 5. The second-order valence-corrected chi connectivity index (χ2v) is 4.11. The van der Waals surface area contributed by atoms with Crippen LogP contribution in [0.15, 0.2) is 39.0 Å². The van der Waals surface area contributed by atoms with Crippen LogP contribution in [0.25, 0.3) is 0 Å². The van der Waals surface area contributed by atoms with Crippen LogP contribution in [0.3, 0.4) is 0 Å². The summed E-state index contributed by atoms with van der Waals surface area (Å²) in [4.78, 5) is 14.7. The summed E-state index contributed by atoms with van der Waals surface area (Å²) >= 11 is 9.29. The summed E-state index contributed by atoms with van der Waals surface area (Å²) < 4.78 is 0.872. The van der Waals surface area contributed by atoms with Crippen LogP contribution < -0.4 is 0 Å². The maximum Gasteiger partial charge on any atom is 0.152 e. The van der Waals surface area contributed by atoms with Crippen LogP contribution in [-0.2, 0) is 4.79 Å². The van der Waals surface area contributed by atoms with Crippen LogP contribution in [0.4, 0.5) is 0 Å². The Morgan fingerprint density at radius 2 is 2.38 bits per heavy atom. The molecule has 1 atom stereocenters. The number of aldehydes is 1. The normalized spacial score (nSPS) is 25.5. The van der Waals surface area contributed by atoms with Gasteiger partial charge in [-0.1, -0.05) is 22.0 Å². The van der Waals surface area contributed by atoms with Crippen LogP contribution in [0.2, 0.25) is 0 Å². The number of rotatable bonds is 1. The first-order valence-electron chi connectivity index (χ1n) is 3.69. The minimum Gasteiger partial charge on any atom is -0.298 e. The van der Waals surface area contributed by atoms with Gasteiger partial charge in [0, 0.05) is 21.8 Å². The molecule has 0 aromatic heterocycles. The van der Waals surface area contributed by atoms with Crippen molar-refractivity contribution in [2.75, 3.05) is 0 Å². The van der Waals surface area contributed by atoms with Gasteiger partial charge in [0.05, 0.1) is 11.1 Å². The molecule has 13 heavy (non-hydrogen) atoms. The first kappa shape index (κ1) is 8.91. The Morgan fingerprint density at radius 3 is 3.08 bits per heavy atom. The summed E-state index contributed by atoms with van der Waals surface area (Å²) in [5, 5.41) is -0.199. The fourth-order valence-corrected chi connectivity index (χ4v) is 1.79. The topological polar surface area (TPSA) is 29.4 Å². The molecule has 66 valence electrons. The summed E-state index contributed by atoms with van der Waals surface area (Å²) in [6, 6.07) is 0. The zero-order valence-corrected chi connectivity index (χ0v) is 8.84. The molecule has 0 N–H and O–H groups in total. The largest absolute Gasteiger partial charge is 0.298 e. The van der Waals surface area contributed by atoms with Gasteiger partial charge in [0.2, 0.25) is 0 Å². The predicted molar refractivity (Wildman–Crippen MR) is 56.3 cm³/mol. The number of hydrogen-bond donors (Lipinski definition) is 0. The standard InChI is InChI=1S/C9H5BrClNO/c10-7-2-9-6(1-8(7)11)5(4-13)3-12-9/h1-4,8H/t8-/m1/s1. The quantitative estimate of drug-likeness (QED) is 0.524. The van der Waals surface area contributed by atoms with E-state index in [0.717, 1.165) is 22.1 Å². The number of halogens is 2. The van der Waals surface area contributed by atoms with E-state index in [1.165, 1.54) is 0 Å². The summed E-state index contributed by atoms with van der Waals surface area (Å²) in [6.07, 6.45) is 6.00. The predicted octanol–water partition coefficient (Wildman–Crippen LogP) is 2.35. The Balaban J connectivity index is 2.42. The van der Waals surface area contributed by atoms with E-state index in [2.05, 4.69) is 20.9 Å². The number of aliphatic imine (C=N–C) groups is 1. The Hall–Kier alpha value is -0.670. The molecule has 2 rings (SSSR count). The highest BCUT2D eigenvalue weighted by atomic mass is 79.9. The SMILES string of the molecule is O=CC1=CN=C2C=C(Br)[C@H](Cl)C=C12. The molecule has 0 aromatic carbocycles. The molecule has 0 amide bonds. The van der Waals surface area contributed by atoms with Gasteiger partial charge in [-0.05, 0) is 6.08 Å². The average molecular weight is 259 g/mol. The van der Waals surface area contributed by atoms with Gasteiger partial charge in [-0.25, -0.2) is 0 Å². The molecule has 1 aliphatic heterocycles. The third-order valence-corrected chi connectivity index (χ3v) is 3.25. The molecule has 0 radical (unpaired) electrons. The molecule has 2 nitrogen and oxygen atoms in total. The Kier molecular flexibility index (Phi) is 2.22. The van der Waals surface area contributed by atoms with Crippen molar-refractivity contribution in [3.63, 3.8) is 0 Å². The molecule has 4 heteroatoms. The molecule has 1 aliphatic carbocycles. The second kappa shape index (κ2) is 3.24. The molecule has 0 fully saturated rings. The zero-order valence-electron chi connectivity index (χ0n) is 6.50. The fraction of sp³-hybridized carbons (Fsp3) is 0.111. The molecule has 0 spiro atoms. The zero-order chi connectivity index (χ0) is 9.42. The van der Waals surface area contributed by atoms with E-state index < -0.39 is 0 Å². The number of carbonyl (C=O) groups excluding carboxylic acids is 1. The maximum absolute atomic E-state index is 10.6. The number of alkyl halides is 1. The molecule has 0 aromatic rings. The van der Waals surface area contributed by atoms with Crippen LogP contribution in [0.1, 0.15) is 0 Å². The van der Waals surface area contributed by atoms with Gasteiger partial charge in [-0.15, -0.1) is 11.6 Å². The lowest BCUT2D eigenvalue weighted by Crippen LogP contribution is -2.10. The van der Waals surface area contributed by atoms with E-state index >= 15 is 0 Å². The summed E-state index contributed by atoms with van der Waals surface area (Å²) in [5.74, 6) is 0. The van der Waals surface area contributed by atoms with Crippen molar-refractivity contribution in [2.45, 2.75) is 5.38 Å². The van der Waals surface area contributed by atoms with Crippen LogP contribution in [0, 0.1) is 0 Å². The highest BCUT2D eigenvalue weighted by Crippen LogP contribution is 2.30. The minimum absolute atomic E-state index is 0.199. The molecule has 0 bridgehead atoms. The van der Waals surface area contributed by atoms with E-state index in [1.807, 2.05) is 12.2 Å². The van der Waals surface area contributed by atoms with E-state index in [-0.39, 0.29) is 5.38 Å². The Bertz CT molecular complexity index is 392. The monoisotopic (exact) mass is 257 g/mol. The lowest BCUT2D eigenvalue weighted by atomic mass is 9.99. The molecule has 0 unspecified atom stereocenters. The number of carbonyl (C=O) groups is 1. The van der Waals surface area contributed by atoms with Crippen molar-refractivity contribution in [3.05, 3.63) is 34.0 Å². The number of hydrogen-bond acceptors (Lipinski definition) is 2. The molecular formula is C9H5BrClNO. The lowest BCUT2D eigenvalue weighted by molar-refractivity contribution is -0.104. The highest BCUT2D eigenvalue weighted by Gasteiger charge is 2.22. The molecule has 1 heterocycles. The third kappa shape index (κ3) is 1.42. The van der Waals surface area contributed by atoms with Crippen LogP contribution in [0.5, 0.6) is 0 Å². The summed E-state index contributed by atoms with van der Waals surface area (Å²) in [6.45, 7) is 0. The van der Waals surface area contributed by atoms with E-state index in [1.54, 1.807) is 6.20 Å².